The molecule has 0 radical (unpaired) electrons. The van der Waals surface area contributed by atoms with Crippen LogP contribution in [0.1, 0.15) is 27.9 Å². The van der Waals surface area contributed by atoms with E-state index in [1.54, 1.807) is 12.1 Å². The third-order valence-corrected chi connectivity index (χ3v) is 5.86. The molecule has 1 fully saturated rings. The van der Waals surface area contributed by atoms with E-state index in [0.717, 1.165) is 30.7 Å². The summed E-state index contributed by atoms with van der Waals surface area (Å²) in [5.41, 5.74) is 1.36. The quantitative estimate of drug-likeness (QED) is 0.506. The number of amides is 3. The lowest BCUT2D eigenvalue weighted by Crippen LogP contribution is -2.35. The van der Waals surface area contributed by atoms with Crippen LogP contribution >= 0.6 is 0 Å². The number of hydrogen-bond acceptors (Lipinski definition) is 4. The van der Waals surface area contributed by atoms with Gasteiger partial charge in [-0.25, -0.2) is 9.78 Å². The second-order valence-electron chi connectivity index (χ2n) is 8.56. The van der Waals surface area contributed by atoms with Gasteiger partial charge in [0.25, 0.3) is 5.91 Å². The molecular formula is C26H26F3N5O2. The third kappa shape index (κ3) is 6.32. The molecule has 3 amide bonds. The average Bonchev–Trinajstić information content (AvgIpc) is 3.11. The van der Waals surface area contributed by atoms with Gasteiger partial charge in [-0.05, 0) is 55.8 Å². The van der Waals surface area contributed by atoms with Gasteiger partial charge in [0.15, 0.2) is 0 Å². The van der Waals surface area contributed by atoms with Gasteiger partial charge >= 0.3 is 12.2 Å². The predicted molar refractivity (Wildman–Crippen MR) is 132 cm³/mol. The molecule has 2 heterocycles. The Morgan fingerprint density at radius 3 is 2.33 bits per heavy atom. The molecule has 0 saturated carbocycles. The number of anilines is 3. The molecular weight excluding hydrogens is 471 g/mol. The number of hydrogen-bond donors (Lipinski definition) is 2. The number of rotatable bonds is 4. The third-order valence-electron chi connectivity index (χ3n) is 5.86. The van der Waals surface area contributed by atoms with Gasteiger partial charge in [0.2, 0.25) is 0 Å². The van der Waals surface area contributed by atoms with Crippen molar-refractivity contribution in [1.82, 2.24) is 9.88 Å². The normalized spacial score (nSPS) is 14.2. The first kappa shape index (κ1) is 25.0. The summed E-state index contributed by atoms with van der Waals surface area (Å²) in [6, 6.07) is 14.7. The SMILES string of the molecule is Cc1ccc(C(=O)N2CCCN(c3ccc(NC(=O)Nc4cccc(C(F)(F)F)c4)cn3)CC2)cc1. The first-order valence-corrected chi connectivity index (χ1v) is 11.5. The van der Waals surface area contributed by atoms with Gasteiger partial charge < -0.3 is 20.4 Å². The Kier molecular flexibility index (Phi) is 7.42. The van der Waals surface area contributed by atoms with Crippen molar-refractivity contribution in [1.29, 1.82) is 0 Å². The van der Waals surface area contributed by atoms with E-state index < -0.39 is 17.8 Å². The van der Waals surface area contributed by atoms with Gasteiger partial charge in [-0.1, -0.05) is 23.8 Å². The van der Waals surface area contributed by atoms with E-state index in [2.05, 4.69) is 20.5 Å². The maximum absolute atomic E-state index is 12.9. The van der Waals surface area contributed by atoms with E-state index in [0.29, 0.717) is 36.7 Å². The molecule has 0 spiro atoms. The molecule has 2 N–H and O–H groups in total. The Bertz CT molecular complexity index is 1210. The van der Waals surface area contributed by atoms with Crippen molar-refractivity contribution in [3.8, 4) is 0 Å². The van der Waals surface area contributed by atoms with Crippen molar-refractivity contribution < 1.29 is 22.8 Å². The molecule has 0 aliphatic carbocycles. The number of nitrogens with zero attached hydrogens (tertiary/aromatic N) is 3. The van der Waals surface area contributed by atoms with Crippen LogP contribution in [-0.2, 0) is 6.18 Å². The topological polar surface area (TPSA) is 77.6 Å². The fraction of sp³-hybridized carbons (Fsp3) is 0.269. The summed E-state index contributed by atoms with van der Waals surface area (Å²) >= 11 is 0. The molecule has 0 bridgehead atoms. The maximum atomic E-state index is 12.9. The standard InChI is InChI=1S/C26H26F3N5O2/c1-18-6-8-19(9-7-18)24(35)34-13-3-12-33(14-15-34)23-11-10-22(17-30-23)32-25(36)31-21-5-2-4-20(16-21)26(27,28)29/h2,4-11,16-17H,3,12-15H2,1H3,(H2,31,32,36). The monoisotopic (exact) mass is 497 g/mol. The van der Waals surface area contributed by atoms with Crippen molar-refractivity contribution in [3.63, 3.8) is 0 Å². The molecule has 0 unspecified atom stereocenters. The molecule has 4 rings (SSSR count). The molecule has 0 atom stereocenters. The molecule has 1 aromatic heterocycles. The minimum atomic E-state index is -4.49. The molecule has 3 aromatic rings. The van der Waals surface area contributed by atoms with E-state index >= 15 is 0 Å². The number of carbonyl (C=O) groups excluding carboxylic acids is 2. The Morgan fingerprint density at radius 2 is 1.64 bits per heavy atom. The highest BCUT2D eigenvalue weighted by molar-refractivity contribution is 5.99. The summed E-state index contributed by atoms with van der Waals surface area (Å²) in [6.07, 6.45) is -2.22. The van der Waals surface area contributed by atoms with E-state index in [1.807, 2.05) is 36.1 Å². The highest BCUT2D eigenvalue weighted by Crippen LogP contribution is 2.30. The van der Waals surface area contributed by atoms with Crippen molar-refractivity contribution >= 4 is 29.1 Å². The van der Waals surface area contributed by atoms with Crippen LogP contribution in [0, 0.1) is 6.92 Å². The lowest BCUT2D eigenvalue weighted by molar-refractivity contribution is -0.137. The maximum Gasteiger partial charge on any atom is 0.416 e. The van der Waals surface area contributed by atoms with Crippen molar-refractivity contribution in [2.75, 3.05) is 41.7 Å². The molecule has 188 valence electrons. The number of alkyl halides is 3. The van der Waals surface area contributed by atoms with Crippen LogP contribution in [0.5, 0.6) is 0 Å². The fourth-order valence-corrected chi connectivity index (χ4v) is 3.94. The van der Waals surface area contributed by atoms with Crippen molar-refractivity contribution in [3.05, 3.63) is 83.6 Å². The summed E-state index contributed by atoms with van der Waals surface area (Å²) in [5, 5.41) is 4.97. The van der Waals surface area contributed by atoms with Gasteiger partial charge in [0, 0.05) is 37.4 Å². The highest BCUT2D eigenvalue weighted by atomic mass is 19.4. The summed E-state index contributed by atoms with van der Waals surface area (Å²) in [7, 11) is 0. The summed E-state index contributed by atoms with van der Waals surface area (Å²) in [5.74, 6) is 0.722. The van der Waals surface area contributed by atoms with Crippen LogP contribution in [0.2, 0.25) is 0 Å². The molecule has 2 aromatic carbocycles. The summed E-state index contributed by atoms with van der Waals surface area (Å²) in [6.45, 7) is 4.54. The molecule has 1 aliphatic heterocycles. The number of aryl methyl sites for hydroxylation is 1. The second kappa shape index (κ2) is 10.7. The molecule has 7 nitrogen and oxygen atoms in total. The predicted octanol–water partition coefficient (Wildman–Crippen LogP) is 5.41. The molecule has 1 aliphatic rings. The van der Waals surface area contributed by atoms with E-state index in [1.165, 1.54) is 18.3 Å². The van der Waals surface area contributed by atoms with E-state index in [9.17, 15) is 22.8 Å². The minimum Gasteiger partial charge on any atom is -0.355 e. The first-order chi connectivity index (χ1) is 17.2. The van der Waals surface area contributed by atoms with Gasteiger partial charge in [-0.15, -0.1) is 0 Å². The number of halogens is 3. The second-order valence-corrected chi connectivity index (χ2v) is 8.56. The average molecular weight is 498 g/mol. The lowest BCUT2D eigenvalue weighted by Gasteiger charge is -2.23. The number of aromatic nitrogens is 1. The van der Waals surface area contributed by atoms with Crippen LogP contribution in [0.4, 0.5) is 35.2 Å². The van der Waals surface area contributed by atoms with E-state index in [4.69, 9.17) is 0 Å². The Labute approximate surface area is 206 Å². The first-order valence-electron chi connectivity index (χ1n) is 11.5. The minimum absolute atomic E-state index is 0.0103. The van der Waals surface area contributed by atoms with Gasteiger partial charge in [-0.3, -0.25) is 4.79 Å². The molecule has 10 heteroatoms. The number of carbonyl (C=O) groups is 2. The van der Waals surface area contributed by atoms with Gasteiger partial charge in [-0.2, -0.15) is 13.2 Å². The van der Waals surface area contributed by atoms with Crippen LogP contribution in [0.3, 0.4) is 0 Å². The summed E-state index contributed by atoms with van der Waals surface area (Å²) < 4.78 is 38.6. The van der Waals surface area contributed by atoms with Crippen molar-refractivity contribution in [2.45, 2.75) is 19.5 Å². The number of nitrogens with one attached hydrogen (secondary N) is 2. The smallest absolute Gasteiger partial charge is 0.355 e. The lowest BCUT2D eigenvalue weighted by atomic mass is 10.1. The van der Waals surface area contributed by atoms with Gasteiger partial charge in [0.1, 0.15) is 5.82 Å². The largest absolute Gasteiger partial charge is 0.416 e. The zero-order chi connectivity index (χ0) is 25.7. The van der Waals surface area contributed by atoms with E-state index in [-0.39, 0.29) is 11.6 Å². The fourth-order valence-electron chi connectivity index (χ4n) is 3.94. The van der Waals surface area contributed by atoms with Gasteiger partial charge in [0.05, 0.1) is 17.4 Å². The van der Waals surface area contributed by atoms with Crippen LogP contribution in [0.15, 0.2) is 66.9 Å². The Hall–Kier alpha value is -4.08. The number of urea groups is 1. The Balaban J connectivity index is 1.32. The zero-order valence-electron chi connectivity index (χ0n) is 19.7. The van der Waals surface area contributed by atoms with Crippen LogP contribution in [0.25, 0.3) is 0 Å². The molecule has 1 saturated heterocycles. The van der Waals surface area contributed by atoms with Crippen LogP contribution in [-0.4, -0.2) is 48.0 Å². The van der Waals surface area contributed by atoms with Crippen molar-refractivity contribution in [2.24, 2.45) is 0 Å². The number of benzene rings is 2. The zero-order valence-corrected chi connectivity index (χ0v) is 19.7. The Morgan fingerprint density at radius 1 is 0.889 bits per heavy atom. The molecule has 36 heavy (non-hydrogen) atoms. The summed E-state index contributed by atoms with van der Waals surface area (Å²) in [4.78, 5) is 33.4. The number of pyridine rings is 1. The van der Waals surface area contributed by atoms with Crippen LogP contribution < -0.4 is 15.5 Å². The highest BCUT2D eigenvalue weighted by Gasteiger charge is 2.30.